The van der Waals surface area contributed by atoms with Crippen molar-refractivity contribution in [3.05, 3.63) is 58.7 Å². The molecule has 0 aliphatic heterocycles. The van der Waals surface area contributed by atoms with E-state index in [0.717, 1.165) is 0 Å². The van der Waals surface area contributed by atoms with Gasteiger partial charge in [-0.25, -0.2) is 4.98 Å². The van der Waals surface area contributed by atoms with Gasteiger partial charge >= 0.3 is 5.97 Å². The van der Waals surface area contributed by atoms with Crippen LogP contribution in [-0.4, -0.2) is 32.6 Å². The number of aromatic nitrogens is 3. The molecule has 0 fully saturated rings. The van der Waals surface area contributed by atoms with E-state index in [1.807, 2.05) is 6.07 Å². The molecule has 0 atom stereocenters. The predicted octanol–water partition coefficient (Wildman–Crippen LogP) is 4.09. The lowest BCUT2D eigenvalue weighted by Crippen LogP contribution is -2.15. The minimum absolute atomic E-state index is 0.149. The van der Waals surface area contributed by atoms with Crippen LogP contribution in [0.3, 0.4) is 0 Å². The summed E-state index contributed by atoms with van der Waals surface area (Å²) in [5.41, 5.74) is 1.71. The molecule has 2 heterocycles. The first-order valence-corrected chi connectivity index (χ1v) is 8.26. The highest BCUT2D eigenvalue weighted by Gasteiger charge is 2.11. The van der Waals surface area contributed by atoms with E-state index in [1.165, 1.54) is 0 Å². The topological polar surface area (TPSA) is 100 Å². The zero-order valence-corrected chi connectivity index (χ0v) is 14.8. The van der Waals surface area contributed by atoms with Crippen LogP contribution in [-0.2, 0) is 4.79 Å². The molecule has 0 amide bonds. The Morgan fingerprint density at radius 2 is 1.92 bits per heavy atom. The monoisotopic (exact) mass is 389 g/mol. The Labute approximate surface area is 159 Å². The average Bonchev–Trinajstić information content (AvgIpc) is 2.64. The fourth-order valence-electron chi connectivity index (χ4n) is 2.13. The lowest BCUT2D eigenvalue weighted by Gasteiger charge is -2.12. The number of carboxylic acids is 1. The molecule has 0 saturated heterocycles. The van der Waals surface area contributed by atoms with E-state index in [9.17, 15) is 4.79 Å². The molecule has 1 aromatic carbocycles. The van der Waals surface area contributed by atoms with Gasteiger partial charge in [0.05, 0.1) is 27.1 Å². The van der Waals surface area contributed by atoms with Crippen LogP contribution in [0.5, 0.6) is 0 Å². The van der Waals surface area contributed by atoms with E-state index in [0.29, 0.717) is 32.9 Å². The summed E-state index contributed by atoms with van der Waals surface area (Å²) in [4.78, 5) is 23.6. The quantitative estimate of drug-likeness (QED) is 0.583. The maximum Gasteiger partial charge on any atom is 0.322 e. The summed E-state index contributed by atoms with van der Waals surface area (Å²) in [5, 5.41) is 15.3. The summed E-state index contributed by atoms with van der Waals surface area (Å²) in [6.07, 6.45) is 1.64. The van der Waals surface area contributed by atoms with Gasteiger partial charge in [0.1, 0.15) is 12.4 Å². The molecule has 3 rings (SSSR count). The molecule has 0 spiro atoms. The molecular weight excluding hydrogens is 377 g/mol. The van der Waals surface area contributed by atoms with Crippen molar-refractivity contribution in [1.29, 1.82) is 0 Å². The lowest BCUT2D eigenvalue weighted by atomic mass is 10.2. The zero-order chi connectivity index (χ0) is 18.5. The van der Waals surface area contributed by atoms with Gasteiger partial charge in [0.15, 0.2) is 0 Å². The summed E-state index contributed by atoms with van der Waals surface area (Å²) in [5.74, 6) is -0.460. The van der Waals surface area contributed by atoms with Gasteiger partial charge in [-0.1, -0.05) is 35.3 Å². The number of pyridine rings is 1. The molecule has 132 valence electrons. The first-order valence-electron chi connectivity index (χ1n) is 7.50. The van der Waals surface area contributed by atoms with Crippen molar-refractivity contribution >= 4 is 46.6 Å². The van der Waals surface area contributed by atoms with Crippen LogP contribution >= 0.6 is 23.2 Å². The van der Waals surface area contributed by atoms with Gasteiger partial charge in [0, 0.05) is 12.3 Å². The number of carboxylic acid groups (broad SMARTS) is 1. The molecule has 9 heteroatoms. The normalized spacial score (nSPS) is 10.4. The Morgan fingerprint density at radius 3 is 2.65 bits per heavy atom. The van der Waals surface area contributed by atoms with Crippen molar-refractivity contribution in [2.75, 3.05) is 17.2 Å². The number of hydrogen-bond donors (Lipinski definition) is 3. The summed E-state index contributed by atoms with van der Waals surface area (Å²) < 4.78 is 0. The van der Waals surface area contributed by atoms with Crippen LogP contribution in [0.25, 0.3) is 11.4 Å². The Hall–Kier alpha value is -2.90. The highest BCUT2D eigenvalue weighted by Crippen LogP contribution is 2.32. The molecule has 0 radical (unpaired) electrons. The minimum Gasteiger partial charge on any atom is -0.480 e. The number of anilines is 3. The summed E-state index contributed by atoms with van der Waals surface area (Å²) in [6.45, 7) is -0.316. The molecule has 0 aliphatic carbocycles. The summed E-state index contributed by atoms with van der Waals surface area (Å²) >= 11 is 12.2. The van der Waals surface area contributed by atoms with Gasteiger partial charge in [-0.05, 0) is 24.3 Å². The van der Waals surface area contributed by atoms with Crippen LogP contribution in [0.15, 0.2) is 48.7 Å². The first-order chi connectivity index (χ1) is 12.5. The van der Waals surface area contributed by atoms with Crippen molar-refractivity contribution in [3.63, 3.8) is 0 Å². The Kier molecular flexibility index (Phi) is 5.50. The molecule has 0 bridgehead atoms. The number of nitrogens with zero attached hydrogens (tertiary/aromatic N) is 3. The highest BCUT2D eigenvalue weighted by molar-refractivity contribution is 6.43. The summed E-state index contributed by atoms with van der Waals surface area (Å²) in [6, 6.07) is 12.3. The van der Waals surface area contributed by atoms with Crippen molar-refractivity contribution in [1.82, 2.24) is 15.0 Å². The molecule has 7 nitrogen and oxygen atoms in total. The summed E-state index contributed by atoms with van der Waals surface area (Å²) in [7, 11) is 0. The third kappa shape index (κ3) is 4.38. The number of aliphatic carboxylic acids is 1. The Morgan fingerprint density at radius 1 is 1.08 bits per heavy atom. The fourth-order valence-corrected chi connectivity index (χ4v) is 2.48. The third-order valence-electron chi connectivity index (χ3n) is 3.27. The van der Waals surface area contributed by atoms with Crippen molar-refractivity contribution in [2.24, 2.45) is 0 Å². The van der Waals surface area contributed by atoms with Crippen LogP contribution in [0.4, 0.5) is 17.5 Å². The van der Waals surface area contributed by atoms with Gasteiger partial charge in [-0.2, -0.15) is 4.98 Å². The van der Waals surface area contributed by atoms with E-state index in [1.54, 1.807) is 42.6 Å². The standard InChI is InChI=1S/C17H13Cl2N5O2/c18-10-4-3-6-12(16(10)19)22-14-8-13(11-5-1-2-7-20-11)23-17(24-14)21-9-15(25)26/h1-8H,9H2,(H,25,26)(H2,21,22,23,24). The lowest BCUT2D eigenvalue weighted by molar-refractivity contribution is -0.134. The predicted molar refractivity (Wildman–Crippen MR) is 101 cm³/mol. The second kappa shape index (κ2) is 7.99. The first kappa shape index (κ1) is 17.9. The molecule has 0 aliphatic rings. The number of hydrogen-bond acceptors (Lipinski definition) is 6. The van der Waals surface area contributed by atoms with Gasteiger partial charge < -0.3 is 15.7 Å². The van der Waals surface area contributed by atoms with Crippen molar-refractivity contribution in [3.8, 4) is 11.4 Å². The van der Waals surface area contributed by atoms with Gasteiger partial charge in [-0.15, -0.1) is 0 Å². The maximum atomic E-state index is 10.8. The average molecular weight is 390 g/mol. The number of benzene rings is 1. The second-order valence-electron chi connectivity index (χ2n) is 5.15. The Bertz CT molecular complexity index is 938. The SMILES string of the molecule is O=C(O)CNc1nc(Nc2cccc(Cl)c2Cl)cc(-c2ccccn2)n1. The maximum absolute atomic E-state index is 10.8. The third-order valence-corrected chi connectivity index (χ3v) is 4.08. The van der Waals surface area contributed by atoms with E-state index >= 15 is 0 Å². The van der Waals surface area contributed by atoms with E-state index in [4.69, 9.17) is 28.3 Å². The number of carbonyl (C=O) groups is 1. The molecule has 3 aromatic rings. The van der Waals surface area contributed by atoms with E-state index in [-0.39, 0.29) is 12.5 Å². The largest absolute Gasteiger partial charge is 0.480 e. The van der Waals surface area contributed by atoms with Crippen molar-refractivity contribution in [2.45, 2.75) is 0 Å². The van der Waals surface area contributed by atoms with Crippen LogP contribution in [0.1, 0.15) is 0 Å². The highest BCUT2D eigenvalue weighted by atomic mass is 35.5. The van der Waals surface area contributed by atoms with Crippen molar-refractivity contribution < 1.29 is 9.90 Å². The van der Waals surface area contributed by atoms with E-state index < -0.39 is 5.97 Å². The fraction of sp³-hybridized carbons (Fsp3) is 0.0588. The number of nitrogens with one attached hydrogen (secondary N) is 2. The Balaban J connectivity index is 1.99. The molecule has 0 saturated carbocycles. The minimum atomic E-state index is -1.02. The van der Waals surface area contributed by atoms with Crippen LogP contribution < -0.4 is 10.6 Å². The zero-order valence-electron chi connectivity index (χ0n) is 13.3. The number of rotatable bonds is 6. The molecule has 2 aromatic heterocycles. The molecule has 26 heavy (non-hydrogen) atoms. The van der Waals surface area contributed by atoms with Gasteiger partial charge in [0.25, 0.3) is 0 Å². The van der Waals surface area contributed by atoms with Crippen LogP contribution in [0, 0.1) is 0 Å². The van der Waals surface area contributed by atoms with E-state index in [2.05, 4.69) is 25.6 Å². The number of halogens is 2. The van der Waals surface area contributed by atoms with Gasteiger partial charge in [0.2, 0.25) is 5.95 Å². The second-order valence-corrected chi connectivity index (χ2v) is 5.94. The smallest absolute Gasteiger partial charge is 0.322 e. The van der Waals surface area contributed by atoms with Gasteiger partial charge in [-0.3, -0.25) is 9.78 Å². The van der Waals surface area contributed by atoms with Crippen LogP contribution in [0.2, 0.25) is 10.0 Å². The molecule has 3 N–H and O–H groups in total. The molecular formula is C17H13Cl2N5O2. The molecule has 0 unspecified atom stereocenters.